The van der Waals surface area contributed by atoms with Gasteiger partial charge in [-0.2, -0.15) is 0 Å². The lowest BCUT2D eigenvalue weighted by Gasteiger charge is -2.04. The lowest BCUT2D eigenvalue weighted by molar-refractivity contribution is 0.584. The van der Waals surface area contributed by atoms with Crippen molar-refractivity contribution in [3.8, 4) is 0 Å². The molecule has 86 valence electrons. The van der Waals surface area contributed by atoms with Crippen LogP contribution in [-0.2, 0) is 10.0 Å². The van der Waals surface area contributed by atoms with E-state index in [-0.39, 0.29) is 5.75 Å². The third-order valence-electron chi connectivity index (χ3n) is 1.41. The van der Waals surface area contributed by atoms with E-state index in [9.17, 15) is 8.42 Å². The molecule has 0 spiro atoms. The molecule has 0 unspecified atom stereocenters. The van der Waals surface area contributed by atoms with Crippen LogP contribution in [0.4, 0.5) is 5.13 Å². The Labute approximate surface area is 101 Å². The number of sulfonamides is 1. The molecule has 0 aromatic carbocycles. The highest BCUT2D eigenvalue weighted by Crippen LogP contribution is 2.19. The molecule has 0 saturated heterocycles. The standard InChI is InChI=1S/C6H11BrN4O2S2/c1-2-9-15(12,13)4-3-8-6-11-10-5(7)14-6/h9H,2-4H2,1H3,(H,8,11). The summed E-state index contributed by atoms with van der Waals surface area (Å²) in [5.41, 5.74) is 0. The van der Waals surface area contributed by atoms with Gasteiger partial charge in [0.25, 0.3) is 0 Å². The van der Waals surface area contributed by atoms with Gasteiger partial charge in [0.1, 0.15) is 0 Å². The zero-order chi connectivity index (χ0) is 11.3. The predicted octanol–water partition coefficient (Wildman–Crippen LogP) is 0.652. The Morgan fingerprint density at radius 2 is 2.20 bits per heavy atom. The molecule has 0 aliphatic rings. The first kappa shape index (κ1) is 12.8. The number of rotatable bonds is 6. The molecule has 1 heterocycles. The fourth-order valence-corrected chi connectivity index (χ4v) is 2.85. The van der Waals surface area contributed by atoms with Gasteiger partial charge in [0.2, 0.25) is 15.2 Å². The Morgan fingerprint density at radius 3 is 2.73 bits per heavy atom. The summed E-state index contributed by atoms with van der Waals surface area (Å²) in [5, 5.41) is 11.0. The third-order valence-corrected chi connectivity index (χ3v) is 4.20. The van der Waals surface area contributed by atoms with Crippen LogP contribution in [0.5, 0.6) is 0 Å². The first-order valence-corrected chi connectivity index (χ1v) is 7.50. The minimum Gasteiger partial charge on any atom is -0.359 e. The summed E-state index contributed by atoms with van der Waals surface area (Å²) in [6.07, 6.45) is 0. The highest BCUT2D eigenvalue weighted by atomic mass is 79.9. The number of anilines is 1. The van der Waals surface area contributed by atoms with E-state index < -0.39 is 10.0 Å². The van der Waals surface area contributed by atoms with E-state index in [1.165, 1.54) is 11.3 Å². The molecular formula is C6H11BrN4O2S2. The SMILES string of the molecule is CCNS(=O)(=O)CCNc1nnc(Br)s1. The summed E-state index contributed by atoms with van der Waals surface area (Å²) in [4.78, 5) is 0. The molecule has 0 saturated carbocycles. The van der Waals surface area contributed by atoms with Crippen LogP contribution < -0.4 is 10.0 Å². The van der Waals surface area contributed by atoms with Gasteiger partial charge in [-0.3, -0.25) is 0 Å². The van der Waals surface area contributed by atoms with Gasteiger partial charge in [0, 0.05) is 13.1 Å². The van der Waals surface area contributed by atoms with Gasteiger partial charge in [0.05, 0.1) is 5.75 Å². The second-order valence-electron chi connectivity index (χ2n) is 2.60. The molecule has 0 bridgehead atoms. The second-order valence-corrected chi connectivity index (χ2v) is 6.78. The van der Waals surface area contributed by atoms with E-state index in [2.05, 4.69) is 36.2 Å². The molecule has 9 heteroatoms. The Kier molecular flexibility index (Phi) is 4.90. The van der Waals surface area contributed by atoms with E-state index in [1.54, 1.807) is 6.92 Å². The second kappa shape index (κ2) is 5.73. The van der Waals surface area contributed by atoms with Gasteiger partial charge >= 0.3 is 0 Å². The van der Waals surface area contributed by atoms with Crippen molar-refractivity contribution in [3.63, 3.8) is 0 Å². The number of hydrogen-bond acceptors (Lipinski definition) is 6. The van der Waals surface area contributed by atoms with Crippen LogP contribution in [0, 0.1) is 0 Å². The molecule has 0 atom stereocenters. The largest absolute Gasteiger partial charge is 0.359 e. The Bertz CT molecular complexity index is 405. The molecule has 2 N–H and O–H groups in total. The van der Waals surface area contributed by atoms with E-state index in [4.69, 9.17) is 0 Å². The van der Waals surface area contributed by atoms with Crippen molar-refractivity contribution >= 4 is 42.4 Å². The maximum Gasteiger partial charge on any atom is 0.213 e. The topological polar surface area (TPSA) is 84.0 Å². The fraction of sp³-hybridized carbons (Fsp3) is 0.667. The van der Waals surface area contributed by atoms with Crippen LogP contribution in [0.1, 0.15) is 6.92 Å². The van der Waals surface area contributed by atoms with E-state index in [1.807, 2.05) is 0 Å². The van der Waals surface area contributed by atoms with Crippen LogP contribution >= 0.6 is 27.3 Å². The molecule has 1 aromatic heterocycles. The molecule has 0 aliphatic carbocycles. The maximum atomic E-state index is 11.2. The molecule has 1 rings (SSSR count). The van der Waals surface area contributed by atoms with Crippen LogP contribution in [0.15, 0.2) is 3.92 Å². The number of nitrogens with zero attached hydrogens (tertiary/aromatic N) is 2. The zero-order valence-electron chi connectivity index (χ0n) is 8.03. The Morgan fingerprint density at radius 1 is 1.47 bits per heavy atom. The van der Waals surface area contributed by atoms with Gasteiger partial charge in [-0.25, -0.2) is 13.1 Å². The number of halogens is 1. The minimum atomic E-state index is -3.16. The van der Waals surface area contributed by atoms with E-state index in [0.29, 0.717) is 22.1 Å². The van der Waals surface area contributed by atoms with Crippen molar-refractivity contribution < 1.29 is 8.42 Å². The van der Waals surface area contributed by atoms with Gasteiger partial charge in [-0.15, -0.1) is 10.2 Å². The number of hydrogen-bond donors (Lipinski definition) is 2. The molecule has 0 fully saturated rings. The van der Waals surface area contributed by atoms with Crippen molar-refractivity contribution in [1.29, 1.82) is 0 Å². The summed E-state index contributed by atoms with van der Waals surface area (Å²) < 4.78 is 25.5. The molecular weight excluding hydrogens is 304 g/mol. The maximum absolute atomic E-state index is 11.2. The first-order valence-electron chi connectivity index (χ1n) is 4.23. The molecule has 15 heavy (non-hydrogen) atoms. The first-order chi connectivity index (χ1) is 7.03. The Balaban J connectivity index is 2.33. The van der Waals surface area contributed by atoms with Crippen LogP contribution in [0.3, 0.4) is 0 Å². The quantitative estimate of drug-likeness (QED) is 0.805. The Hall–Kier alpha value is -0.250. The molecule has 0 radical (unpaired) electrons. The normalized spacial score (nSPS) is 11.6. The van der Waals surface area contributed by atoms with Gasteiger partial charge < -0.3 is 5.32 Å². The fourth-order valence-electron chi connectivity index (χ4n) is 0.861. The average Bonchev–Trinajstić information content (AvgIpc) is 2.51. The minimum absolute atomic E-state index is 0.0258. The predicted molar refractivity (Wildman–Crippen MR) is 63.6 cm³/mol. The summed E-state index contributed by atoms with van der Waals surface area (Å²) in [6.45, 7) is 2.47. The van der Waals surface area contributed by atoms with Crippen molar-refractivity contribution in [2.24, 2.45) is 0 Å². The van der Waals surface area contributed by atoms with Crippen LogP contribution in [0.2, 0.25) is 0 Å². The molecule has 0 aliphatic heterocycles. The highest BCUT2D eigenvalue weighted by Gasteiger charge is 2.08. The van der Waals surface area contributed by atoms with Crippen molar-refractivity contribution in [2.75, 3.05) is 24.2 Å². The van der Waals surface area contributed by atoms with Crippen molar-refractivity contribution in [3.05, 3.63) is 3.92 Å². The smallest absolute Gasteiger partial charge is 0.213 e. The monoisotopic (exact) mass is 314 g/mol. The van der Waals surface area contributed by atoms with Crippen LogP contribution in [-0.4, -0.2) is 37.5 Å². The van der Waals surface area contributed by atoms with Crippen molar-refractivity contribution in [1.82, 2.24) is 14.9 Å². The van der Waals surface area contributed by atoms with Gasteiger partial charge in [0.15, 0.2) is 3.92 Å². The zero-order valence-corrected chi connectivity index (χ0v) is 11.2. The van der Waals surface area contributed by atoms with E-state index in [0.717, 1.165) is 0 Å². The third kappa shape index (κ3) is 4.87. The number of aromatic nitrogens is 2. The summed E-state index contributed by atoms with van der Waals surface area (Å²) in [7, 11) is -3.16. The summed E-state index contributed by atoms with van der Waals surface area (Å²) in [6, 6.07) is 0. The lowest BCUT2D eigenvalue weighted by atomic mass is 10.7. The van der Waals surface area contributed by atoms with Gasteiger partial charge in [-0.05, 0) is 15.9 Å². The lowest BCUT2D eigenvalue weighted by Crippen LogP contribution is -2.29. The van der Waals surface area contributed by atoms with E-state index >= 15 is 0 Å². The highest BCUT2D eigenvalue weighted by molar-refractivity contribution is 9.11. The number of nitrogens with one attached hydrogen (secondary N) is 2. The van der Waals surface area contributed by atoms with Crippen molar-refractivity contribution in [2.45, 2.75) is 6.92 Å². The summed E-state index contributed by atoms with van der Waals surface area (Å²) in [5.74, 6) is 0.0258. The molecule has 1 aromatic rings. The molecule has 6 nitrogen and oxygen atoms in total. The molecule has 0 amide bonds. The van der Waals surface area contributed by atoms with Crippen LogP contribution in [0.25, 0.3) is 0 Å². The van der Waals surface area contributed by atoms with Gasteiger partial charge in [-0.1, -0.05) is 18.3 Å². The summed E-state index contributed by atoms with van der Waals surface area (Å²) >= 11 is 4.48. The average molecular weight is 315 g/mol.